The van der Waals surface area contributed by atoms with Gasteiger partial charge in [-0.2, -0.15) is 0 Å². The zero-order valence-electron chi connectivity index (χ0n) is 12.9. The molecular formula is C17H26N2O2. The lowest BCUT2D eigenvalue weighted by Crippen LogP contribution is -2.37. The number of nitrogens with one attached hydrogen (secondary N) is 1. The van der Waals surface area contributed by atoms with Crippen molar-refractivity contribution in [3.05, 3.63) is 35.9 Å². The van der Waals surface area contributed by atoms with Crippen LogP contribution in [0.3, 0.4) is 0 Å². The summed E-state index contributed by atoms with van der Waals surface area (Å²) in [6.07, 6.45) is 4.61. The Bertz CT molecular complexity index is 416. The molecule has 1 unspecified atom stereocenters. The highest BCUT2D eigenvalue weighted by Gasteiger charge is 2.13. The number of alkyl carbamates (subject to hydrolysis) is 1. The standard InChI is InChI=1S/C17H26N2O2/c1-15(10-13-19-11-6-3-7-12-19)18-17(20)21-14-16-8-4-2-5-9-16/h2,4-5,8-9,15H,3,6-7,10-14H2,1H3,(H,18,20). The zero-order chi connectivity index (χ0) is 14.9. The second-order valence-corrected chi connectivity index (χ2v) is 5.80. The Balaban J connectivity index is 1.60. The number of nitrogens with zero attached hydrogens (tertiary/aromatic N) is 1. The predicted molar refractivity (Wildman–Crippen MR) is 84.1 cm³/mol. The summed E-state index contributed by atoms with van der Waals surface area (Å²) in [5.74, 6) is 0. The first-order valence-corrected chi connectivity index (χ1v) is 7.93. The maximum Gasteiger partial charge on any atom is 0.407 e. The number of hydrogen-bond acceptors (Lipinski definition) is 3. The molecule has 1 aliphatic rings. The van der Waals surface area contributed by atoms with Crippen molar-refractivity contribution in [2.24, 2.45) is 0 Å². The van der Waals surface area contributed by atoms with E-state index in [0.29, 0.717) is 6.61 Å². The lowest BCUT2D eigenvalue weighted by molar-refractivity contribution is 0.134. The Morgan fingerprint density at radius 1 is 1.24 bits per heavy atom. The first kappa shape index (κ1) is 15.8. The number of benzene rings is 1. The molecule has 0 spiro atoms. The van der Waals surface area contributed by atoms with E-state index < -0.39 is 0 Å². The molecule has 0 saturated carbocycles. The summed E-state index contributed by atoms with van der Waals surface area (Å²) in [5, 5.41) is 2.90. The quantitative estimate of drug-likeness (QED) is 0.875. The molecule has 21 heavy (non-hydrogen) atoms. The van der Waals surface area contributed by atoms with E-state index in [9.17, 15) is 4.79 Å². The Morgan fingerprint density at radius 2 is 1.95 bits per heavy atom. The van der Waals surface area contributed by atoms with E-state index in [1.54, 1.807) is 0 Å². The van der Waals surface area contributed by atoms with Crippen LogP contribution >= 0.6 is 0 Å². The van der Waals surface area contributed by atoms with Gasteiger partial charge in [0.2, 0.25) is 0 Å². The minimum atomic E-state index is -0.329. The van der Waals surface area contributed by atoms with Gasteiger partial charge in [0, 0.05) is 12.6 Å². The summed E-state index contributed by atoms with van der Waals surface area (Å²) in [5.41, 5.74) is 1.01. The summed E-state index contributed by atoms with van der Waals surface area (Å²) >= 11 is 0. The minimum Gasteiger partial charge on any atom is -0.445 e. The van der Waals surface area contributed by atoms with Gasteiger partial charge in [-0.25, -0.2) is 4.79 Å². The van der Waals surface area contributed by atoms with Crippen molar-refractivity contribution in [2.45, 2.75) is 45.3 Å². The van der Waals surface area contributed by atoms with E-state index >= 15 is 0 Å². The van der Waals surface area contributed by atoms with Crippen molar-refractivity contribution in [3.63, 3.8) is 0 Å². The van der Waals surface area contributed by atoms with E-state index in [1.165, 1.54) is 32.4 Å². The molecule has 1 saturated heterocycles. The van der Waals surface area contributed by atoms with E-state index in [2.05, 4.69) is 10.2 Å². The second-order valence-electron chi connectivity index (χ2n) is 5.80. The predicted octanol–water partition coefficient (Wildman–Crippen LogP) is 3.18. The molecule has 116 valence electrons. The number of amides is 1. The van der Waals surface area contributed by atoms with Gasteiger partial charge in [0.05, 0.1) is 0 Å². The molecule has 4 heteroatoms. The fourth-order valence-electron chi connectivity index (χ4n) is 2.60. The lowest BCUT2D eigenvalue weighted by Gasteiger charge is -2.27. The summed E-state index contributed by atoms with van der Waals surface area (Å²) in [6.45, 7) is 5.82. The van der Waals surface area contributed by atoms with Crippen LogP contribution in [0.2, 0.25) is 0 Å². The van der Waals surface area contributed by atoms with Crippen LogP contribution in [0.4, 0.5) is 4.79 Å². The Labute approximate surface area is 127 Å². The molecule has 1 amide bonds. The van der Waals surface area contributed by atoms with Gasteiger partial charge < -0.3 is 15.0 Å². The zero-order valence-corrected chi connectivity index (χ0v) is 12.9. The number of carbonyl (C=O) groups is 1. The molecule has 1 heterocycles. The van der Waals surface area contributed by atoms with Crippen molar-refractivity contribution in [3.8, 4) is 0 Å². The molecule has 0 radical (unpaired) electrons. The van der Waals surface area contributed by atoms with Crippen LogP contribution in [0.1, 0.15) is 38.2 Å². The SMILES string of the molecule is CC(CCN1CCCCC1)NC(=O)OCc1ccccc1. The average Bonchev–Trinajstić information content (AvgIpc) is 2.53. The average molecular weight is 290 g/mol. The molecule has 1 aromatic carbocycles. The van der Waals surface area contributed by atoms with Crippen LogP contribution in [0.15, 0.2) is 30.3 Å². The normalized spacial score (nSPS) is 17.2. The molecule has 1 atom stereocenters. The van der Waals surface area contributed by atoms with Crippen molar-refractivity contribution < 1.29 is 9.53 Å². The van der Waals surface area contributed by atoms with Crippen LogP contribution in [0.5, 0.6) is 0 Å². The molecule has 1 N–H and O–H groups in total. The highest BCUT2D eigenvalue weighted by atomic mass is 16.5. The van der Waals surface area contributed by atoms with Crippen molar-refractivity contribution in [1.29, 1.82) is 0 Å². The van der Waals surface area contributed by atoms with Crippen LogP contribution in [-0.4, -0.2) is 36.7 Å². The van der Waals surface area contributed by atoms with Crippen LogP contribution < -0.4 is 5.32 Å². The van der Waals surface area contributed by atoms with Crippen molar-refractivity contribution in [2.75, 3.05) is 19.6 Å². The Kier molecular flexibility index (Phi) is 6.54. The second kappa shape index (κ2) is 8.67. The fraction of sp³-hybridized carbons (Fsp3) is 0.588. The van der Waals surface area contributed by atoms with Gasteiger partial charge in [-0.1, -0.05) is 36.8 Å². The number of hydrogen-bond donors (Lipinski definition) is 1. The third-order valence-electron chi connectivity index (χ3n) is 3.90. The molecule has 1 fully saturated rings. The molecule has 0 bridgehead atoms. The Morgan fingerprint density at radius 3 is 2.67 bits per heavy atom. The largest absolute Gasteiger partial charge is 0.445 e. The van der Waals surface area contributed by atoms with Crippen LogP contribution in [0.25, 0.3) is 0 Å². The fourth-order valence-corrected chi connectivity index (χ4v) is 2.60. The molecule has 0 aromatic heterocycles. The topological polar surface area (TPSA) is 41.6 Å². The van der Waals surface area contributed by atoms with Crippen molar-refractivity contribution in [1.82, 2.24) is 10.2 Å². The number of likely N-dealkylation sites (tertiary alicyclic amines) is 1. The number of piperidine rings is 1. The van der Waals surface area contributed by atoms with Gasteiger partial charge >= 0.3 is 6.09 Å². The molecule has 1 aromatic rings. The lowest BCUT2D eigenvalue weighted by atomic mass is 10.1. The van der Waals surface area contributed by atoms with Gasteiger partial charge in [0.25, 0.3) is 0 Å². The van der Waals surface area contributed by atoms with Gasteiger partial charge in [-0.15, -0.1) is 0 Å². The van der Waals surface area contributed by atoms with E-state index in [-0.39, 0.29) is 12.1 Å². The van der Waals surface area contributed by atoms with E-state index in [0.717, 1.165) is 18.5 Å². The summed E-state index contributed by atoms with van der Waals surface area (Å²) in [6, 6.07) is 9.89. The summed E-state index contributed by atoms with van der Waals surface area (Å²) < 4.78 is 5.23. The molecule has 4 nitrogen and oxygen atoms in total. The number of ether oxygens (including phenoxy) is 1. The minimum absolute atomic E-state index is 0.148. The third-order valence-corrected chi connectivity index (χ3v) is 3.90. The molecule has 1 aliphatic heterocycles. The van der Waals surface area contributed by atoms with Gasteiger partial charge in [0.1, 0.15) is 6.61 Å². The first-order chi connectivity index (χ1) is 10.2. The smallest absolute Gasteiger partial charge is 0.407 e. The molecule has 0 aliphatic carbocycles. The van der Waals surface area contributed by atoms with Crippen molar-refractivity contribution >= 4 is 6.09 Å². The monoisotopic (exact) mass is 290 g/mol. The van der Waals surface area contributed by atoms with Gasteiger partial charge in [-0.3, -0.25) is 0 Å². The van der Waals surface area contributed by atoms with Gasteiger partial charge in [-0.05, 0) is 44.8 Å². The van der Waals surface area contributed by atoms with E-state index in [4.69, 9.17) is 4.74 Å². The molecular weight excluding hydrogens is 264 g/mol. The number of rotatable bonds is 6. The molecule has 2 rings (SSSR count). The van der Waals surface area contributed by atoms with Gasteiger partial charge in [0.15, 0.2) is 0 Å². The maximum atomic E-state index is 11.7. The first-order valence-electron chi connectivity index (χ1n) is 7.93. The van der Waals surface area contributed by atoms with Crippen LogP contribution in [0, 0.1) is 0 Å². The Hall–Kier alpha value is -1.55. The van der Waals surface area contributed by atoms with E-state index in [1.807, 2.05) is 37.3 Å². The summed E-state index contributed by atoms with van der Waals surface area (Å²) in [4.78, 5) is 14.2. The maximum absolute atomic E-state index is 11.7. The number of carbonyl (C=O) groups excluding carboxylic acids is 1. The highest BCUT2D eigenvalue weighted by molar-refractivity contribution is 5.67. The van der Waals surface area contributed by atoms with Crippen LogP contribution in [-0.2, 0) is 11.3 Å². The highest BCUT2D eigenvalue weighted by Crippen LogP contribution is 2.09. The summed E-state index contributed by atoms with van der Waals surface area (Å²) in [7, 11) is 0. The third kappa shape index (κ3) is 6.17.